The molecule has 0 heterocycles. The van der Waals surface area contributed by atoms with Crippen LogP contribution in [0.4, 0.5) is 0 Å². The van der Waals surface area contributed by atoms with Crippen LogP contribution in [0.15, 0.2) is 30.3 Å². The molecule has 0 aliphatic carbocycles. The molecule has 0 aliphatic rings. The number of benzene rings is 1. The van der Waals surface area contributed by atoms with Gasteiger partial charge < -0.3 is 10.2 Å². The molecular formula is C16H26N2O. The lowest BCUT2D eigenvalue weighted by Gasteiger charge is -2.25. The van der Waals surface area contributed by atoms with E-state index >= 15 is 0 Å². The smallest absolute Gasteiger partial charge is 0.239 e. The summed E-state index contributed by atoms with van der Waals surface area (Å²) < 4.78 is 0. The molecule has 1 rings (SSSR count). The van der Waals surface area contributed by atoms with Crippen molar-refractivity contribution < 1.29 is 4.79 Å². The van der Waals surface area contributed by atoms with Crippen LogP contribution in [0.1, 0.15) is 32.8 Å². The van der Waals surface area contributed by atoms with E-state index in [0.717, 1.165) is 19.4 Å². The fourth-order valence-corrected chi connectivity index (χ4v) is 2.13. The molecule has 0 bridgehead atoms. The van der Waals surface area contributed by atoms with Crippen molar-refractivity contribution in [1.29, 1.82) is 0 Å². The van der Waals surface area contributed by atoms with Crippen molar-refractivity contribution in [2.45, 2.75) is 45.7 Å². The molecular weight excluding hydrogens is 236 g/mol. The van der Waals surface area contributed by atoms with Gasteiger partial charge in [-0.15, -0.1) is 0 Å². The van der Waals surface area contributed by atoms with Crippen LogP contribution in [-0.4, -0.2) is 36.5 Å². The fourth-order valence-electron chi connectivity index (χ4n) is 2.13. The lowest BCUT2D eigenvalue weighted by Crippen LogP contribution is -2.47. The van der Waals surface area contributed by atoms with Crippen LogP contribution in [0.5, 0.6) is 0 Å². The second-order valence-corrected chi connectivity index (χ2v) is 5.04. The second-order valence-electron chi connectivity index (χ2n) is 5.04. The van der Waals surface area contributed by atoms with Gasteiger partial charge in [-0.2, -0.15) is 0 Å². The zero-order chi connectivity index (χ0) is 14.3. The average molecular weight is 262 g/mol. The minimum absolute atomic E-state index is 0.126. The van der Waals surface area contributed by atoms with Gasteiger partial charge in [-0.1, -0.05) is 37.3 Å². The summed E-state index contributed by atoms with van der Waals surface area (Å²) >= 11 is 0. The van der Waals surface area contributed by atoms with Gasteiger partial charge in [0.15, 0.2) is 0 Å². The van der Waals surface area contributed by atoms with Crippen molar-refractivity contribution in [3.63, 3.8) is 0 Å². The van der Waals surface area contributed by atoms with Crippen LogP contribution in [-0.2, 0) is 11.2 Å². The number of carbonyl (C=O) groups is 1. The summed E-state index contributed by atoms with van der Waals surface area (Å²) in [6.07, 6.45) is 1.98. The number of nitrogens with zero attached hydrogens (tertiary/aromatic N) is 1. The zero-order valence-electron chi connectivity index (χ0n) is 12.5. The molecule has 0 saturated carbocycles. The van der Waals surface area contributed by atoms with Crippen LogP contribution >= 0.6 is 0 Å². The van der Waals surface area contributed by atoms with Crippen LogP contribution in [0.3, 0.4) is 0 Å². The summed E-state index contributed by atoms with van der Waals surface area (Å²) in [4.78, 5) is 13.8. The van der Waals surface area contributed by atoms with E-state index in [0.29, 0.717) is 6.04 Å². The maximum absolute atomic E-state index is 12.0. The Bertz CT molecular complexity index is 378. The molecule has 1 amide bonds. The molecule has 2 unspecified atom stereocenters. The molecule has 1 aromatic carbocycles. The van der Waals surface area contributed by atoms with Gasteiger partial charge in [0.25, 0.3) is 0 Å². The van der Waals surface area contributed by atoms with Crippen LogP contribution in [0, 0.1) is 0 Å². The zero-order valence-corrected chi connectivity index (χ0v) is 12.5. The lowest BCUT2D eigenvalue weighted by atomic mass is 10.0. The number of hydrogen-bond donors (Lipinski definition) is 1. The van der Waals surface area contributed by atoms with E-state index in [4.69, 9.17) is 0 Å². The van der Waals surface area contributed by atoms with Crippen LogP contribution in [0.25, 0.3) is 0 Å². The summed E-state index contributed by atoms with van der Waals surface area (Å²) in [6.45, 7) is 6.84. The molecule has 3 heteroatoms. The number of carbonyl (C=O) groups excluding carboxylic acids is 1. The third-order valence-corrected chi connectivity index (χ3v) is 3.52. The van der Waals surface area contributed by atoms with E-state index in [1.807, 2.05) is 27.0 Å². The Morgan fingerprint density at radius 2 is 1.89 bits per heavy atom. The van der Waals surface area contributed by atoms with Crippen molar-refractivity contribution >= 4 is 5.91 Å². The molecule has 0 fully saturated rings. The third kappa shape index (κ3) is 5.03. The minimum atomic E-state index is -0.126. The molecule has 1 aromatic rings. The van der Waals surface area contributed by atoms with E-state index in [2.05, 4.69) is 36.5 Å². The summed E-state index contributed by atoms with van der Waals surface area (Å²) in [5.74, 6) is 0.161. The Hall–Kier alpha value is -1.35. The summed E-state index contributed by atoms with van der Waals surface area (Å²) in [5.41, 5.74) is 1.31. The number of amides is 1. The first-order valence-electron chi connectivity index (χ1n) is 7.13. The topological polar surface area (TPSA) is 32.3 Å². The summed E-state index contributed by atoms with van der Waals surface area (Å²) in [7, 11) is 1.85. The molecule has 0 aliphatic heterocycles. The first-order chi connectivity index (χ1) is 9.08. The highest BCUT2D eigenvalue weighted by Crippen LogP contribution is 2.07. The normalized spacial score (nSPS) is 13.9. The average Bonchev–Trinajstić information content (AvgIpc) is 2.45. The molecule has 106 valence electrons. The highest BCUT2D eigenvalue weighted by atomic mass is 16.2. The van der Waals surface area contributed by atoms with Gasteiger partial charge in [0.2, 0.25) is 5.91 Å². The van der Waals surface area contributed by atoms with Crippen molar-refractivity contribution in [2.75, 3.05) is 13.6 Å². The Morgan fingerprint density at radius 3 is 2.42 bits per heavy atom. The summed E-state index contributed by atoms with van der Waals surface area (Å²) in [6, 6.07) is 10.6. The second kappa shape index (κ2) is 7.95. The first-order valence-corrected chi connectivity index (χ1v) is 7.13. The van der Waals surface area contributed by atoms with Gasteiger partial charge in [0, 0.05) is 19.6 Å². The Morgan fingerprint density at radius 1 is 1.26 bits per heavy atom. The first kappa shape index (κ1) is 15.7. The molecule has 2 atom stereocenters. The highest BCUT2D eigenvalue weighted by molar-refractivity contribution is 5.81. The van der Waals surface area contributed by atoms with Gasteiger partial charge in [-0.3, -0.25) is 4.79 Å². The SMILES string of the molecule is CCC(Cc1ccccc1)NC(C)C(=O)N(C)CC. The van der Waals surface area contributed by atoms with Crippen molar-refractivity contribution in [2.24, 2.45) is 0 Å². The molecule has 0 radical (unpaired) electrons. The Kier molecular flexibility index (Phi) is 6.57. The van der Waals surface area contributed by atoms with Gasteiger partial charge >= 0.3 is 0 Å². The number of likely N-dealkylation sites (N-methyl/N-ethyl adjacent to an activating group) is 1. The maximum Gasteiger partial charge on any atom is 0.239 e. The predicted molar refractivity (Wildman–Crippen MR) is 80.1 cm³/mol. The minimum Gasteiger partial charge on any atom is -0.345 e. The monoisotopic (exact) mass is 262 g/mol. The largest absolute Gasteiger partial charge is 0.345 e. The highest BCUT2D eigenvalue weighted by Gasteiger charge is 2.19. The molecule has 3 nitrogen and oxygen atoms in total. The molecule has 0 spiro atoms. The lowest BCUT2D eigenvalue weighted by molar-refractivity contribution is -0.131. The molecule has 1 N–H and O–H groups in total. The van der Waals surface area contributed by atoms with Crippen molar-refractivity contribution in [1.82, 2.24) is 10.2 Å². The van der Waals surface area contributed by atoms with Crippen molar-refractivity contribution in [3.8, 4) is 0 Å². The molecule has 0 saturated heterocycles. The van der Waals surface area contributed by atoms with Gasteiger partial charge in [0.05, 0.1) is 6.04 Å². The van der Waals surface area contributed by atoms with Gasteiger partial charge in [0.1, 0.15) is 0 Å². The standard InChI is InChI=1S/C16H26N2O/c1-5-15(12-14-10-8-7-9-11-14)17-13(3)16(19)18(4)6-2/h7-11,13,15,17H,5-6,12H2,1-4H3. The van der Waals surface area contributed by atoms with Crippen LogP contribution < -0.4 is 5.32 Å². The molecule has 19 heavy (non-hydrogen) atoms. The Labute approximate surface area is 117 Å². The Balaban J connectivity index is 2.55. The van der Waals surface area contributed by atoms with Gasteiger partial charge in [-0.25, -0.2) is 0 Å². The summed E-state index contributed by atoms with van der Waals surface area (Å²) in [5, 5.41) is 3.44. The fraction of sp³-hybridized carbons (Fsp3) is 0.562. The number of hydrogen-bond acceptors (Lipinski definition) is 2. The van der Waals surface area contributed by atoms with Crippen molar-refractivity contribution in [3.05, 3.63) is 35.9 Å². The third-order valence-electron chi connectivity index (χ3n) is 3.52. The van der Waals surface area contributed by atoms with E-state index in [9.17, 15) is 4.79 Å². The van der Waals surface area contributed by atoms with E-state index in [1.54, 1.807) is 4.90 Å². The van der Waals surface area contributed by atoms with Gasteiger partial charge in [-0.05, 0) is 32.3 Å². The van der Waals surface area contributed by atoms with E-state index < -0.39 is 0 Å². The van der Waals surface area contributed by atoms with Crippen LogP contribution in [0.2, 0.25) is 0 Å². The quantitative estimate of drug-likeness (QED) is 0.818. The number of nitrogens with one attached hydrogen (secondary N) is 1. The van der Waals surface area contributed by atoms with E-state index in [-0.39, 0.29) is 11.9 Å². The molecule has 0 aromatic heterocycles. The number of rotatable bonds is 7. The van der Waals surface area contributed by atoms with E-state index in [1.165, 1.54) is 5.56 Å². The maximum atomic E-state index is 12.0. The predicted octanol–water partition coefficient (Wildman–Crippen LogP) is 2.46.